The van der Waals surface area contributed by atoms with Crippen molar-refractivity contribution in [2.75, 3.05) is 0 Å². The molecule has 0 amide bonds. The summed E-state index contributed by atoms with van der Waals surface area (Å²) in [5.41, 5.74) is 0. The molecule has 1 aromatic rings. The van der Waals surface area contributed by atoms with Crippen LogP contribution >= 0.6 is 0 Å². The van der Waals surface area contributed by atoms with E-state index in [1.807, 2.05) is 0 Å². The van der Waals surface area contributed by atoms with Crippen LogP contribution in [0.2, 0.25) is 0 Å². The predicted molar refractivity (Wildman–Crippen MR) is 198 cm³/mol. The molecule has 0 spiro atoms. The van der Waals surface area contributed by atoms with E-state index in [1.54, 1.807) is 5.82 Å². The molecule has 2 nitrogen and oxygen atoms in total. The highest BCUT2D eigenvalue weighted by atomic mass is 15.1. The zero-order valence-electron chi connectivity index (χ0n) is 31.0. The molecule has 0 atom stereocenters. The summed E-state index contributed by atoms with van der Waals surface area (Å²) >= 11 is 0. The number of hydrogen-bond donors (Lipinski definition) is 0. The molecule has 260 valence electrons. The van der Waals surface area contributed by atoms with Gasteiger partial charge in [-0.3, -0.25) is 0 Å². The lowest BCUT2D eigenvalue weighted by molar-refractivity contribution is -0.704. The first kappa shape index (κ1) is 41.2. The third-order valence-electron chi connectivity index (χ3n) is 10.1. The Kier molecular flexibility index (Phi) is 31.5. The normalized spacial score (nSPS) is 11.6. The van der Waals surface area contributed by atoms with Crippen molar-refractivity contribution < 1.29 is 4.57 Å². The van der Waals surface area contributed by atoms with Gasteiger partial charge in [-0.05, 0) is 32.1 Å². The Morgan fingerprint density at radius 1 is 0.386 bits per heavy atom. The zero-order valence-corrected chi connectivity index (χ0v) is 31.0. The van der Waals surface area contributed by atoms with Crippen LogP contribution in [0.1, 0.15) is 238 Å². The summed E-state index contributed by atoms with van der Waals surface area (Å²) in [6.07, 6.45) is 53.4. The van der Waals surface area contributed by atoms with Gasteiger partial charge in [-0.2, -0.15) is 0 Å². The topological polar surface area (TPSA) is 8.81 Å². The molecule has 0 aliphatic carbocycles. The quantitative estimate of drug-likeness (QED) is 0.0524. The fourth-order valence-corrected chi connectivity index (χ4v) is 7.03. The van der Waals surface area contributed by atoms with E-state index >= 15 is 0 Å². The summed E-state index contributed by atoms with van der Waals surface area (Å²) < 4.78 is 5.28. The van der Waals surface area contributed by atoms with E-state index < -0.39 is 0 Å². The number of nitrogens with zero attached hydrogens (tertiary/aromatic N) is 2. The van der Waals surface area contributed by atoms with Gasteiger partial charge in [0, 0.05) is 6.42 Å². The summed E-state index contributed by atoms with van der Waals surface area (Å²) in [5.74, 6) is 1.62. The zero-order chi connectivity index (χ0) is 31.6. The lowest BCUT2D eigenvalue weighted by Crippen LogP contribution is -2.37. The van der Waals surface area contributed by atoms with Crippen LogP contribution < -0.4 is 4.57 Å². The summed E-state index contributed by atoms with van der Waals surface area (Å²) in [4.78, 5) is 0. The fourth-order valence-electron chi connectivity index (χ4n) is 7.03. The van der Waals surface area contributed by atoms with Gasteiger partial charge in [-0.15, -0.1) is 0 Å². The Morgan fingerprint density at radius 2 is 0.705 bits per heavy atom. The Morgan fingerprint density at radius 3 is 1.09 bits per heavy atom. The van der Waals surface area contributed by atoms with Gasteiger partial charge >= 0.3 is 0 Å². The van der Waals surface area contributed by atoms with Crippen LogP contribution in [0.25, 0.3) is 0 Å². The van der Waals surface area contributed by atoms with Gasteiger partial charge in [-0.25, -0.2) is 9.13 Å². The number of aromatic nitrogens is 2. The van der Waals surface area contributed by atoms with E-state index in [0.717, 1.165) is 0 Å². The van der Waals surface area contributed by atoms with Crippen molar-refractivity contribution in [1.82, 2.24) is 4.57 Å². The van der Waals surface area contributed by atoms with E-state index in [9.17, 15) is 0 Å². The monoisotopic (exact) mass is 616 g/mol. The standard InChI is InChI=1S/C42H83N2/c1-4-7-10-13-16-19-21-23-25-27-30-33-36-39-44-41-40-43(42(44)37-34-31-28-18-15-12-9-6-3)38-35-32-29-26-24-22-20-17-14-11-8-5-2/h40-41H,4-39H2,1-3H3/q+1. The van der Waals surface area contributed by atoms with Crippen molar-refractivity contribution in [2.24, 2.45) is 0 Å². The molecule has 0 aliphatic rings. The smallest absolute Gasteiger partial charge is 0.234 e. The maximum Gasteiger partial charge on any atom is 0.256 e. The first-order chi connectivity index (χ1) is 21.8. The van der Waals surface area contributed by atoms with Gasteiger partial charge in [-0.1, -0.05) is 201 Å². The van der Waals surface area contributed by atoms with Gasteiger partial charge < -0.3 is 0 Å². The van der Waals surface area contributed by atoms with Crippen LogP contribution in [-0.2, 0) is 19.5 Å². The van der Waals surface area contributed by atoms with Crippen LogP contribution in [0.15, 0.2) is 12.4 Å². The minimum Gasteiger partial charge on any atom is -0.234 e. The molecular weight excluding hydrogens is 532 g/mol. The van der Waals surface area contributed by atoms with Crippen LogP contribution in [0, 0.1) is 0 Å². The first-order valence-corrected chi connectivity index (χ1v) is 20.9. The number of hydrogen-bond acceptors (Lipinski definition) is 0. The van der Waals surface area contributed by atoms with Crippen molar-refractivity contribution in [3.63, 3.8) is 0 Å². The number of rotatable bonds is 36. The number of imidazole rings is 1. The molecule has 0 unspecified atom stereocenters. The molecule has 44 heavy (non-hydrogen) atoms. The average Bonchev–Trinajstić information content (AvgIpc) is 3.42. The van der Waals surface area contributed by atoms with Gasteiger partial charge in [0.15, 0.2) is 0 Å². The molecule has 0 radical (unpaired) electrons. The van der Waals surface area contributed by atoms with Gasteiger partial charge in [0.2, 0.25) is 0 Å². The van der Waals surface area contributed by atoms with Gasteiger partial charge in [0.25, 0.3) is 5.82 Å². The SMILES string of the molecule is CCCCCCCCCCCCCCC[n+]1ccn(CCCCCCCCCCCCCC)c1CCCCCCCCCC. The molecule has 1 heterocycles. The van der Waals surface area contributed by atoms with Crippen molar-refractivity contribution in [1.29, 1.82) is 0 Å². The molecule has 2 heteroatoms. The average molecular weight is 616 g/mol. The molecule has 1 rings (SSSR count). The second-order valence-corrected chi connectivity index (χ2v) is 14.5. The lowest BCUT2D eigenvalue weighted by atomic mass is 10.0. The minimum atomic E-state index is 1.23. The first-order valence-electron chi connectivity index (χ1n) is 20.9. The third kappa shape index (κ3) is 25.4. The Bertz CT molecular complexity index is 677. The highest BCUT2D eigenvalue weighted by Crippen LogP contribution is 2.15. The van der Waals surface area contributed by atoms with Gasteiger partial charge in [0.05, 0.1) is 13.1 Å². The predicted octanol–water partition coefficient (Wildman–Crippen LogP) is 14.3. The third-order valence-corrected chi connectivity index (χ3v) is 10.1. The highest BCUT2D eigenvalue weighted by molar-refractivity contribution is 4.84. The maximum atomic E-state index is 2.64. The summed E-state index contributed by atoms with van der Waals surface area (Å²) in [6.45, 7) is 9.41. The second-order valence-electron chi connectivity index (χ2n) is 14.5. The maximum absolute atomic E-state index is 2.64. The van der Waals surface area contributed by atoms with Crippen molar-refractivity contribution in [3.05, 3.63) is 18.2 Å². The van der Waals surface area contributed by atoms with Crippen molar-refractivity contribution >= 4 is 0 Å². The molecule has 0 bridgehead atoms. The Labute approximate surface area is 279 Å². The van der Waals surface area contributed by atoms with E-state index in [2.05, 4.69) is 42.3 Å². The Balaban J connectivity index is 2.27. The summed E-state index contributed by atoms with van der Waals surface area (Å²) in [7, 11) is 0. The van der Waals surface area contributed by atoms with E-state index in [1.165, 1.54) is 231 Å². The van der Waals surface area contributed by atoms with Crippen molar-refractivity contribution in [2.45, 2.75) is 252 Å². The van der Waals surface area contributed by atoms with E-state index in [-0.39, 0.29) is 0 Å². The molecule has 0 N–H and O–H groups in total. The number of unbranched alkanes of at least 4 members (excludes halogenated alkanes) is 30. The fraction of sp³-hybridized carbons (Fsp3) is 0.929. The lowest BCUT2D eigenvalue weighted by Gasteiger charge is -2.07. The van der Waals surface area contributed by atoms with Crippen LogP contribution in [-0.4, -0.2) is 4.57 Å². The molecule has 0 aliphatic heterocycles. The van der Waals surface area contributed by atoms with Gasteiger partial charge in [0.1, 0.15) is 12.4 Å². The van der Waals surface area contributed by atoms with Crippen LogP contribution in [0.4, 0.5) is 0 Å². The summed E-state index contributed by atoms with van der Waals surface area (Å²) in [5, 5.41) is 0. The van der Waals surface area contributed by atoms with E-state index in [0.29, 0.717) is 0 Å². The molecule has 0 aromatic carbocycles. The van der Waals surface area contributed by atoms with Crippen LogP contribution in [0.5, 0.6) is 0 Å². The van der Waals surface area contributed by atoms with Crippen LogP contribution in [0.3, 0.4) is 0 Å². The molecule has 0 fully saturated rings. The summed E-state index contributed by atoms with van der Waals surface area (Å²) in [6, 6.07) is 0. The van der Waals surface area contributed by atoms with Crippen molar-refractivity contribution in [3.8, 4) is 0 Å². The second kappa shape index (κ2) is 33.6. The minimum absolute atomic E-state index is 1.23. The van der Waals surface area contributed by atoms with E-state index in [4.69, 9.17) is 0 Å². The molecule has 0 saturated heterocycles. The molecule has 0 saturated carbocycles. The molecular formula is C42H83N2+. The molecule has 1 aromatic heterocycles. The Hall–Kier alpha value is -0.790. The largest absolute Gasteiger partial charge is 0.256 e. The highest BCUT2D eigenvalue weighted by Gasteiger charge is 2.16. The number of aryl methyl sites for hydroxylation is 2.